The number of nitrogens with one attached hydrogen (secondary N) is 2. The van der Waals surface area contributed by atoms with Crippen LogP contribution in [0, 0.1) is 0 Å². The maximum Gasteiger partial charge on any atom is 0.171 e. The second kappa shape index (κ2) is 4.22. The molecule has 1 fully saturated rings. The minimum atomic E-state index is 0.0682. The second-order valence-corrected chi connectivity index (χ2v) is 5.69. The summed E-state index contributed by atoms with van der Waals surface area (Å²) in [4.78, 5) is 9.32. The van der Waals surface area contributed by atoms with Crippen molar-refractivity contribution in [3.05, 3.63) is 36.4 Å². The molecule has 1 aliphatic heterocycles. The van der Waals surface area contributed by atoms with Crippen molar-refractivity contribution in [2.24, 2.45) is 0 Å². The standard InChI is InChI=1S/C12H11BrN6/c13-8-5-15-17-10(8)11-16-12-7-3-1-2-4-9(7)14-6-19(12)18-11/h1-4,6,8,10,15,17H,5H2. The normalized spacial score (nSPS) is 23.4. The van der Waals surface area contributed by atoms with Crippen LogP contribution in [-0.2, 0) is 0 Å². The SMILES string of the molecule is BrC1CNNC1c1nc2c3ccccc3ncn2n1. The van der Waals surface area contributed by atoms with Gasteiger partial charge in [-0.25, -0.2) is 19.9 Å². The van der Waals surface area contributed by atoms with Gasteiger partial charge in [0.15, 0.2) is 11.5 Å². The fraction of sp³-hybridized carbons (Fsp3) is 0.250. The van der Waals surface area contributed by atoms with Crippen LogP contribution in [0.5, 0.6) is 0 Å². The van der Waals surface area contributed by atoms with Gasteiger partial charge in [0.05, 0.1) is 16.4 Å². The lowest BCUT2D eigenvalue weighted by Crippen LogP contribution is -2.25. The number of rotatable bonds is 1. The van der Waals surface area contributed by atoms with Crippen molar-refractivity contribution >= 4 is 32.5 Å². The average Bonchev–Trinajstić information content (AvgIpc) is 3.04. The fourth-order valence-corrected chi connectivity index (χ4v) is 2.86. The highest BCUT2D eigenvalue weighted by atomic mass is 79.9. The Morgan fingerprint density at radius 3 is 3.05 bits per heavy atom. The molecule has 0 spiro atoms. The van der Waals surface area contributed by atoms with Gasteiger partial charge in [-0.1, -0.05) is 28.1 Å². The van der Waals surface area contributed by atoms with E-state index in [1.807, 2.05) is 24.3 Å². The van der Waals surface area contributed by atoms with Crippen LogP contribution in [0.25, 0.3) is 16.6 Å². The van der Waals surface area contributed by atoms with Gasteiger partial charge in [-0.3, -0.25) is 5.43 Å². The summed E-state index contributed by atoms with van der Waals surface area (Å²) in [6.45, 7) is 0.846. The molecule has 0 amide bonds. The van der Waals surface area contributed by atoms with Crippen molar-refractivity contribution < 1.29 is 0 Å². The molecule has 2 aromatic heterocycles. The number of alkyl halides is 1. The predicted octanol–water partition coefficient (Wildman–Crippen LogP) is 1.19. The molecule has 0 radical (unpaired) electrons. The van der Waals surface area contributed by atoms with E-state index in [1.165, 1.54) is 0 Å². The number of para-hydroxylation sites is 1. The smallest absolute Gasteiger partial charge is 0.171 e. The van der Waals surface area contributed by atoms with Gasteiger partial charge >= 0.3 is 0 Å². The molecular weight excluding hydrogens is 308 g/mol. The Morgan fingerprint density at radius 1 is 1.32 bits per heavy atom. The third-order valence-electron chi connectivity index (χ3n) is 3.29. The van der Waals surface area contributed by atoms with Crippen molar-refractivity contribution in [3.63, 3.8) is 0 Å². The molecule has 3 aromatic rings. The van der Waals surface area contributed by atoms with E-state index in [4.69, 9.17) is 0 Å². The van der Waals surface area contributed by atoms with Crippen LogP contribution in [0.4, 0.5) is 0 Å². The molecule has 1 aromatic carbocycles. The zero-order valence-corrected chi connectivity index (χ0v) is 11.5. The number of hydrogen-bond donors (Lipinski definition) is 2. The van der Waals surface area contributed by atoms with E-state index in [0.717, 1.165) is 28.9 Å². The summed E-state index contributed by atoms with van der Waals surface area (Å²) in [6.07, 6.45) is 1.71. The predicted molar refractivity (Wildman–Crippen MR) is 74.9 cm³/mol. The van der Waals surface area contributed by atoms with Gasteiger partial charge in [0.2, 0.25) is 0 Å². The zero-order valence-electron chi connectivity index (χ0n) is 9.92. The summed E-state index contributed by atoms with van der Waals surface area (Å²) < 4.78 is 1.73. The lowest BCUT2D eigenvalue weighted by Gasteiger charge is -2.07. The highest BCUT2D eigenvalue weighted by Gasteiger charge is 2.29. The first-order chi connectivity index (χ1) is 9.33. The molecule has 3 heterocycles. The van der Waals surface area contributed by atoms with E-state index in [0.29, 0.717) is 0 Å². The third kappa shape index (κ3) is 1.73. The summed E-state index contributed by atoms with van der Waals surface area (Å²) in [6, 6.07) is 8.02. The first-order valence-electron chi connectivity index (χ1n) is 6.05. The number of halogens is 1. The van der Waals surface area contributed by atoms with E-state index in [9.17, 15) is 0 Å². The molecule has 2 atom stereocenters. The van der Waals surface area contributed by atoms with Crippen molar-refractivity contribution in [3.8, 4) is 0 Å². The number of hydrogen-bond acceptors (Lipinski definition) is 5. The van der Waals surface area contributed by atoms with Crippen LogP contribution >= 0.6 is 15.9 Å². The Balaban J connectivity index is 1.93. The summed E-state index contributed by atoms with van der Waals surface area (Å²) in [7, 11) is 0. The molecule has 0 aliphatic carbocycles. The number of benzene rings is 1. The van der Waals surface area contributed by atoms with Crippen molar-refractivity contribution in [1.82, 2.24) is 30.4 Å². The Morgan fingerprint density at radius 2 is 2.21 bits per heavy atom. The Kier molecular flexibility index (Phi) is 2.51. The Hall–Kier alpha value is -1.57. The minimum absolute atomic E-state index is 0.0682. The molecule has 2 N–H and O–H groups in total. The third-order valence-corrected chi connectivity index (χ3v) is 4.15. The number of hydrazine groups is 1. The van der Waals surface area contributed by atoms with Crippen LogP contribution < -0.4 is 10.9 Å². The van der Waals surface area contributed by atoms with Crippen LogP contribution in [0.3, 0.4) is 0 Å². The quantitative estimate of drug-likeness (QED) is 0.660. The van der Waals surface area contributed by atoms with Gasteiger partial charge in [0.1, 0.15) is 6.33 Å². The van der Waals surface area contributed by atoms with Gasteiger partial charge < -0.3 is 0 Å². The van der Waals surface area contributed by atoms with Crippen molar-refractivity contribution in [2.45, 2.75) is 10.9 Å². The molecule has 4 rings (SSSR count). The highest BCUT2D eigenvalue weighted by molar-refractivity contribution is 9.09. The van der Waals surface area contributed by atoms with Crippen molar-refractivity contribution in [1.29, 1.82) is 0 Å². The lowest BCUT2D eigenvalue weighted by molar-refractivity contribution is 0.558. The van der Waals surface area contributed by atoms with Crippen LogP contribution in [0.15, 0.2) is 30.6 Å². The first kappa shape index (κ1) is 11.3. The summed E-state index contributed by atoms with van der Waals surface area (Å²) in [5, 5.41) is 5.52. The number of fused-ring (bicyclic) bond motifs is 3. The number of nitrogens with zero attached hydrogens (tertiary/aromatic N) is 4. The summed E-state index contributed by atoms with van der Waals surface area (Å²) in [5.41, 5.74) is 8.05. The Labute approximate surface area is 117 Å². The van der Waals surface area contributed by atoms with Gasteiger partial charge in [-0.15, -0.1) is 5.10 Å². The maximum atomic E-state index is 4.65. The molecule has 7 heteroatoms. The fourth-order valence-electron chi connectivity index (χ4n) is 2.33. The molecule has 6 nitrogen and oxygen atoms in total. The van der Waals surface area contributed by atoms with Gasteiger partial charge in [0, 0.05) is 11.9 Å². The van der Waals surface area contributed by atoms with Crippen LogP contribution in [-0.4, -0.2) is 31.0 Å². The summed E-state index contributed by atoms with van der Waals surface area (Å²) in [5.74, 6) is 0.769. The molecule has 0 bridgehead atoms. The largest absolute Gasteiger partial charge is 0.256 e. The molecule has 19 heavy (non-hydrogen) atoms. The summed E-state index contributed by atoms with van der Waals surface area (Å²) >= 11 is 3.62. The Bertz CT molecular complexity index is 754. The van der Waals surface area contributed by atoms with Gasteiger partial charge in [-0.05, 0) is 12.1 Å². The van der Waals surface area contributed by atoms with E-state index in [-0.39, 0.29) is 10.9 Å². The molecule has 2 unspecified atom stereocenters. The van der Waals surface area contributed by atoms with Gasteiger partial charge in [0.25, 0.3) is 0 Å². The van der Waals surface area contributed by atoms with Gasteiger partial charge in [-0.2, -0.15) is 0 Å². The van der Waals surface area contributed by atoms with Crippen LogP contribution in [0.2, 0.25) is 0 Å². The topological polar surface area (TPSA) is 67.1 Å². The average molecular weight is 319 g/mol. The maximum absolute atomic E-state index is 4.65. The van der Waals surface area contributed by atoms with E-state index in [1.54, 1.807) is 10.8 Å². The van der Waals surface area contributed by atoms with E-state index >= 15 is 0 Å². The van der Waals surface area contributed by atoms with E-state index in [2.05, 4.69) is 41.8 Å². The molecular formula is C12H11BrN6. The van der Waals surface area contributed by atoms with Crippen molar-refractivity contribution in [2.75, 3.05) is 6.54 Å². The first-order valence-corrected chi connectivity index (χ1v) is 6.97. The second-order valence-electron chi connectivity index (χ2n) is 4.52. The molecule has 0 saturated carbocycles. The lowest BCUT2D eigenvalue weighted by atomic mass is 10.2. The van der Waals surface area contributed by atoms with Crippen LogP contribution in [0.1, 0.15) is 11.9 Å². The number of aromatic nitrogens is 4. The highest BCUT2D eigenvalue weighted by Crippen LogP contribution is 2.24. The minimum Gasteiger partial charge on any atom is -0.256 e. The molecule has 1 saturated heterocycles. The monoisotopic (exact) mass is 318 g/mol. The zero-order chi connectivity index (χ0) is 12.8. The molecule has 1 aliphatic rings. The van der Waals surface area contributed by atoms with E-state index < -0.39 is 0 Å². The molecule has 96 valence electrons.